The quantitative estimate of drug-likeness (QED) is 0.501. The van der Waals surface area contributed by atoms with Gasteiger partial charge in [0.25, 0.3) is 0 Å². The number of hydrogen-bond donors (Lipinski definition) is 1. The van der Waals surface area contributed by atoms with Crippen molar-refractivity contribution in [2.45, 2.75) is 39.8 Å². The number of rotatable bonds is 11. The first-order valence-electron chi connectivity index (χ1n) is 11.0. The summed E-state index contributed by atoms with van der Waals surface area (Å²) in [6.45, 7) is 5.38. The van der Waals surface area contributed by atoms with E-state index in [4.69, 9.17) is 16.3 Å². The van der Waals surface area contributed by atoms with Crippen molar-refractivity contribution in [3.63, 3.8) is 0 Å². The molecule has 2 aromatic rings. The second kappa shape index (κ2) is 12.1. The minimum Gasteiger partial charge on any atom is -0.497 e. The molecule has 0 fully saturated rings. The number of hydrogen-bond acceptors (Lipinski definition) is 5. The molecule has 2 rings (SSSR count). The van der Waals surface area contributed by atoms with E-state index in [1.807, 2.05) is 6.92 Å². The molecule has 0 aliphatic rings. The van der Waals surface area contributed by atoms with Crippen molar-refractivity contribution in [2.75, 3.05) is 30.8 Å². The summed E-state index contributed by atoms with van der Waals surface area (Å²) in [6, 6.07) is 11.3. The van der Waals surface area contributed by atoms with Gasteiger partial charge in [0.15, 0.2) is 0 Å². The van der Waals surface area contributed by atoms with E-state index in [2.05, 4.69) is 5.32 Å². The fourth-order valence-corrected chi connectivity index (χ4v) is 4.67. The van der Waals surface area contributed by atoms with Gasteiger partial charge in [-0.15, -0.1) is 0 Å². The molecule has 0 unspecified atom stereocenters. The van der Waals surface area contributed by atoms with E-state index in [1.165, 1.54) is 4.90 Å². The third-order valence-corrected chi connectivity index (χ3v) is 6.97. The molecule has 2 aromatic carbocycles. The van der Waals surface area contributed by atoms with Crippen molar-refractivity contribution in [1.29, 1.82) is 0 Å². The van der Waals surface area contributed by atoms with Crippen LogP contribution >= 0.6 is 11.6 Å². The summed E-state index contributed by atoms with van der Waals surface area (Å²) < 4.78 is 31.6. The lowest BCUT2D eigenvalue weighted by Gasteiger charge is -2.33. The van der Waals surface area contributed by atoms with Crippen LogP contribution < -0.4 is 14.4 Å². The van der Waals surface area contributed by atoms with Gasteiger partial charge in [0.1, 0.15) is 18.3 Å². The Morgan fingerprint density at radius 1 is 1.12 bits per heavy atom. The molecule has 0 aliphatic carbocycles. The molecule has 10 heteroatoms. The lowest BCUT2D eigenvalue weighted by molar-refractivity contribution is -0.140. The number of methoxy groups -OCH3 is 1. The summed E-state index contributed by atoms with van der Waals surface area (Å²) >= 11 is 6.21. The van der Waals surface area contributed by atoms with Crippen LogP contribution in [-0.4, -0.2) is 57.6 Å². The highest BCUT2D eigenvalue weighted by molar-refractivity contribution is 7.92. The van der Waals surface area contributed by atoms with E-state index in [0.29, 0.717) is 35.0 Å². The van der Waals surface area contributed by atoms with Crippen molar-refractivity contribution in [2.24, 2.45) is 0 Å². The maximum Gasteiger partial charge on any atom is 0.244 e. The Balaban J connectivity index is 2.46. The van der Waals surface area contributed by atoms with Gasteiger partial charge in [-0.1, -0.05) is 36.7 Å². The van der Waals surface area contributed by atoms with Gasteiger partial charge in [-0.25, -0.2) is 8.42 Å². The largest absolute Gasteiger partial charge is 0.497 e. The monoisotopic (exact) mass is 509 g/mol. The molecule has 0 heterocycles. The summed E-state index contributed by atoms with van der Waals surface area (Å²) in [7, 11) is -2.26. The van der Waals surface area contributed by atoms with Crippen LogP contribution in [0.2, 0.25) is 5.02 Å². The highest BCUT2D eigenvalue weighted by atomic mass is 35.5. The van der Waals surface area contributed by atoms with E-state index in [0.717, 1.165) is 16.1 Å². The first-order valence-corrected chi connectivity index (χ1v) is 13.2. The van der Waals surface area contributed by atoms with Crippen molar-refractivity contribution in [3.8, 4) is 5.75 Å². The van der Waals surface area contributed by atoms with Crippen LogP contribution in [0.3, 0.4) is 0 Å². The highest BCUT2D eigenvalue weighted by Gasteiger charge is 2.32. The minimum absolute atomic E-state index is 0.130. The number of halogens is 1. The van der Waals surface area contributed by atoms with Crippen LogP contribution in [0.4, 0.5) is 5.69 Å². The minimum atomic E-state index is -3.82. The second-order valence-electron chi connectivity index (χ2n) is 7.84. The molecule has 2 amide bonds. The highest BCUT2D eigenvalue weighted by Crippen LogP contribution is 2.28. The molecular formula is C24H32ClN3O5S. The topological polar surface area (TPSA) is 96.0 Å². The standard InChI is InChI=1S/C24H32ClN3O5S/c1-6-21(24(30)26-7-2)27(15-18-11-13-19(33-4)14-12-18)23(29)16-28(34(5,31)32)22-10-8-9-20(25)17(22)3/h8-14,21H,6-7,15-16H2,1-5H3,(H,26,30)/t21-/m1/s1. The molecule has 0 saturated heterocycles. The molecule has 1 N–H and O–H groups in total. The van der Waals surface area contributed by atoms with Gasteiger partial charge in [0.05, 0.1) is 19.1 Å². The number of ether oxygens (including phenoxy) is 1. The van der Waals surface area contributed by atoms with Gasteiger partial charge >= 0.3 is 0 Å². The third kappa shape index (κ3) is 6.87. The summed E-state index contributed by atoms with van der Waals surface area (Å²) in [5.74, 6) is -0.132. The Hall–Kier alpha value is -2.78. The molecule has 1 atom stereocenters. The van der Waals surface area contributed by atoms with Crippen LogP contribution in [0.25, 0.3) is 0 Å². The SMILES string of the molecule is CCNC(=O)[C@@H](CC)N(Cc1ccc(OC)cc1)C(=O)CN(c1cccc(Cl)c1C)S(C)(=O)=O. The fraction of sp³-hybridized carbons (Fsp3) is 0.417. The van der Waals surface area contributed by atoms with E-state index in [1.54, 1.807) is 63.4 Å². The molecule has 0 aliphatic heterocycles. The van der Waals surface area contributed by atoms with Crippen molar-refractivity contribution < 1.29 is 22.7 Å². The number of benzene rings is 2. The number of carbonyl (C=O) groups excluding carboxylic acids is 2. The van der Waals surface area contributed by atoms with Gasteiger partial charge in [-0.3, -0.25) is 13.9 Å². The molecule has 0 aromatic heterocycles. The van der Waals surface area contributed by atoms with Crippen molar-refractivity contribution in [1.82, 2.24) is 10.2 Å². The van der Waals surface area contributed by atoms with E-state index in [9.17, 15) is 18.0 Å². The predicted octanol–water partition coefficient (Wildman–Crippen LogP) is 3.37. The Morgan fingerprint density at radius 3 is 2.29 bits per heavy atom. The number of nitrogens with one attached hydrogen (secondary N) is 1. The van der Waals surface area contributed by atoms with Gasteiger partial charge in [-0.2, -0.15) is 0 Å². The number of sulfonamides is 1. The normalized spacial score (nSPS) is 12.1. The number of nitrogens with zero attached hydrogens (tertiary/aromatic N) is 2. The van der Waals surface area contributed by atoms with E-state index < -0.39 is 28.5 Å². The number of amides is 2. The van der Waals surface area contributed by atoms with Gasteiger partial charge in [0.2, 0.25) is 21.8 Å². The van der Waals surface area contributed by atoms with Crippen LogP contribution in [0.1, 0.15) is 31.4 Å². The molecular weight excluding hydrogens is 478 g/mol. The number of carbonyl (C=O) groups is 2. The van der Waals surface area contributed by atoms with Gasteiger partial charge < -0.3 is 15.0 Å². The maximum absolute atomic E-state index is 13.6. The summed E-state index contributed by atoms with van der Waals surface area (Å²) in [5.41, 5.74) is 1.64. The Morgan fingerprint density at radius 2 is 1.76 bits per heavy atom. The molecule has 0 saturated carbocycles. The number of likely N-dealkylation sites (N-methyl/N-ethyl adjacent to an activating group) is 1. The third-order valence-electron chi connectivity index (χ3n) is 5.44. The zero-order valence-corrected chi connectivity index (χ0v) is 21.7. The molecule has 186 valence electrons. The molecule has 34 heavy (non-hydrogen) atoms. The van der Waals surface area contributed by atoms with E-state index >= 15 is 0 Å². The van der Waals surface area contributed by atoms with Crippen molar-refractivity contribution >= 4 is 39.1 Å². The maximum atomic E-state index is 13.6. The summed E-state index contributed by atoms with van der Waals surface area (Å²) in [4.78, 5) is 27.8. The lowest BCUT2D eigenvalue weighted by Crippen LogP contribution is -2.52. The summed E-state index contributed by atoms with van der Waals surface area (Å²) in [5, 5.41) is 3.16. The molecule has 0 spiro atoms. The fourth-order valence-electron chi connectivity index (χ4n) is 3.60. The van der Waals surface area contributed by atoms with Crippen molar-refractivity contribution in [3.05, 3.63) is 58.6 Å². The molecule has 0 bridgehead atoms. The van der Waals surface area contributed by atoms with Crippen LogP contribution in [0, 0.1) is 6.92 Å². The van der Waals surface area contributed by atoms with Gasteiger partial charge in [-0.05, 0) is 55.7 Å². The summed E-state index contributed by atoms with van der Waals surface area (Å²) in [6.07, 6.45) is 1.40. The van der Waals surface area contributed by atoms with Crippen LogP contribution in [0.5, 0.6) is 5.75 Å². The smallest absolute Gasteiger partial charge is 0.244 e. The first kappa shape index (κ1) is 27.5. The predicted molar refractivity (Wildman–Crippen MR) is 135 cm³/mol. The molecule has 8 nitrogen and oxygen atoms in total. The Bertz CT molecular complexity index is 1110. The lowest BCUT2D eigenvalue weighted by atomic mass is 10.1. The molecule has 0 radical (unpaired) electrons. The second-order valence-corrected chi connectivity index (χ2v) is 10.2. The average Bonchev–Trinajstić information content (AvgIpc) is 2.79. The van der Waals surface area contributed by atoms with E-state index in [-0.39, 0.29) is 12.5 Å². The average molecular weight is 510 g/mol. The zero-order valence-electron chi connectivity index (χ0n) is 20.2. The van der Waals surface area contributed by atoms with Crippen LogP contribution in [-0.2, 0) is 26.2 Å². The first-order chi connectivity index (χ1) is 16.0. The Kier molecular flexibility index (Phi) is 9.76. The zero-order chi connectivity index (χ0) is 25.5. The Labute approximate surface area is 206 Å². The van der Waals surface area contributed by atoms with Crippen LogP contribution in [0.15, 0.2) is 42.5 Å². The van der Waals surface area contributed by atoms with Gasteiger partial charge in [0, 0.05) is 18.1 Å². The number of anilines is 1.